The van der Waals surface area contributed by atoms with E-state index < -0.39 is 0 Å². The van der Waals surface area contributed by atoms with Crippen LogP contribution in [0.15, 0.2) is 69.8 Å². The van der Waals surface area contributed by atoms with E-state index in [1.165, 1.54) is 30.3 Å². The quantitative estimate of drug-likeness (QED) is 0.452. The fraction of sp³-hybridized carbons (Fsp3) is 0.438. The molecule has 0 spiro atoms. The molecule has 42 heavy (non-hydrogen) atoms. The Morgan fingerprint density at radius 1 is 1.14 bits per heavy atom. The molecule has 222 valence electrons. The van der Waals surface area contributed by atoms with Crippen LogP contribution in [0.25, 0.3) is 16.7 Å². The molecule has 1 fully saturated rings. The van der Waals surface area contributed by atoms with Crippen LogP contribution < -0.4 is 10.6 Å². The molecule has 2 N–H and O–H groups in total. The number of piperazine rings is 1. The van der Waals surface area contributed by atoms with E-state index in [0.717, 1.165) is 37.4 Å². The van der Waals surface area contributed by atoms with Crippen molar-refractivity contribution >= 4 is 34.5 Å². The monoisotopic (exact) mass is 573 g/mol. The Balaban J connectivity index is 0.000000295. The first-order valence-corrected chi connectivity index (χ1v) is 14.5. The zero-order valence-corrected chi connectivity index (χ0v) is 25.0. The third-order valence-corrected chi connectivity index (χ3v) is 8.85. The number of benzene rings is 1. The van der Waals surface area contributed by atoms with Crippen molar-refractivity contribution < 1.29 is 13.6 Å². The van der Waals surface area contributed by atoms with E-state index in [4.69, 9.17) is 10.2 Å². The number of amides is 1. The van der Waals surface area contributed by atoms with Gasteiger partial charge in [0.15, 0.2) is 12.0 Å². The maximum Gasteiger partial charge on any atom is 0.257 e. The van der Waals surface area contributed by atoms with Crippen molar-refractivity contribution in [2.24, 2.45) is 22.6 Å². The smallest absolute Gasteiger partial charge is 0.257 e. The standard InChI is InChI=1S/C25H36N6O.C7H4FNO/c1-17-13-27-23-15-30(9-8-20(23)18(17)2)24(32)21(12-26)22-7-6-19(14-28-22)31-11-10-29(5)25(3,4)16-31;8-5-1-2-7-6(3-5)9-4-10-7/h6-7,12-14,17-18H,8-11,15-16,26H2,1-5H3;1-4H/b21-12+;/t17?,18-;/m0./s1. The van der Waals surface area contributed by atoms with Crippen LogP contribution >= 0.6 is 0 Å². The molecule has 0 radical (unpaired) electrons. The summed E-state index contributed by atoms with van der Waals surface area (Å²) in [5, 5.41) is 0. The maximum absolute atomic E-state index is 13.3. The van der Waals surface area contributed by atoms with Gasteiger partial charge in [-0.25, -0.2) is 9.37 Å². The molecule has 1 aromatic carbocycles. The molecule has 1 unspecified atom stereocenters. The van der Waals surface area contributed by atoms with Crippen molar-refractivity contribution in [2.75, 3.05) is 44.7 Å². The summed E-state index contributed by atoms with van der Waals surface area (Å²) in [5.74, 6) is 0.560. The maximum atomic E-state index is 13.3. The van der Waals surface area contributed by atoms with Crippen LogP contribution in [0.1, 0.15) is 39.8 Å². The Morgan fingerprint density at radius 3 is 2.67 bits per heavy atom. The SMILES string of the molecule is CC1C=NC2=C(CCN(C(=O)/C(=C/N)c3ccc(N4CCN(C)C(C)(C)C4)cn3)C2)[C@H]1C.Fc1ccc2ocnc2c1. The number of oxazole rings is 1. The molecule has 3 aliphatic heterocycles. The molecule has 1 amide bonds. The molecule has 9 nitrogen and oxygen atoms in total. The highest BCUT2D eigenvalue weighted by Crippen LogP contribution is 2.34. The number of rotatable bonds is 3. The van der Waals surface area contributed by atoms with Crippen LogP contribution in [0.5, 0.6) is 0 Å². The zero-order valence-electron chi connectivity index (χ0n) is 25.0. The Morgan fingerprint density at radius 2 is 1.95 bits per heavy atom. The van der Waals surface area contributed by atoms with Crippen molar-refractivity contribution in [2.45, 2.75) is 39.7 Å². The number of halogens is 1. The molecule has 2 aromatic heterocycles. The summed E-state index contributed by atoms with van der Waals surface area (Å²) in [5.41, 5.74) is 11.7. The highest BCUT2D eigenvalue weighted by atomic mass is 19.1. The molecule has 10 heteroatoms. The summed E-state index contributed by atoms with van der Waals surface area (Å²) in [6.45, 7) is 13.1. The first-order valence-electron chi connectivity index (χ1n) is 14.5. The number of hydrogen-bond acceptors (Lipinski definition) is 8. The molecule has 5 heterocycles. The molecule has 0 aliphatic carbocycles. The van der Waals surface area contributed by atoms with E-state index in [0.29, 0.717) is 47.3 Å². The number of anilines is 1. The topological polar surface area (TPSA) is 104 Å². The van der Waals surface area contributed by atoms with Gasteiger partial charge in [0, 0.05) is 50.2 Å². The van der Waals surface area contributed by atoms with Gasteiger partial charge in [0.1, 0.15) is 11.3 Å². The van der Waals surface area contributed by atoms with Gasteiger partial charge in [-0.3, -0.25) is 19.7 Å². The largest absolute Gasteiger partial charge is 0.443 e. The molecular weight excluding hydrogens is 533 g/mol. The summed E-state index contributed by atoms with van der Waals surface area (Å²) in [6.07, 6.45) is 7.43. The molecule has 2 atom stereocenters. The van der Waals surface area contributed by atoms with Crippen LogP contribution in [0.3, 0.4) is 0 Å². The normalized spacial score (nSPS) is 22.6. The molecule has 3 aliphatic rings. The molecule has 0 bridgehead atoms. The fourth-order valence-electron chi connectivity index (χ4n) is 5.66. The Kier molecular flexibility index (Phi) is 8.45. The molecule has 0 saturated carbocycles. The van der Waals surface area contributed by atoms with Gasteiger partial charge in [-0.15, -0.1) is 0 Å². The lowest BCUT2D eigenvalue weighted by Gasteiger charge is -2.46. The minimum absolute atomic E-state index is 0.0819. The van der Waals surface area contributed by atoms with Crippen molar-refractivity contribution in [3.8, 4) is 0 Å². The third-order valence-electron chi connectivity index (χ3n) is 8.85. The van der Waals surface area contributed by atoms with Crippen LogP contribution in [0.4, 0.5) is 10.1 Å². The summed E-state index contributed by atoms with van der Waals surface area (Å²) in [4.78, 5) is 32.9. The third kappa shape index (κ3) is 6.09. The molecule has 3 aromatic rings. The van der Waals surface area contributed by atoms with Crippen LogP contribution in [-0.4, -0.2) is 77.2 Å². The fourth-order valence-corrected chi connectivity index (χ4v) is 5.66. The second-order valence-electron chi connectivity index (χ2n) is 12.0. The van der Waals surface area contributed by atoms with Gasteiger partial charge in [0.05, 0.1) is 35.4 Å². The Labute approximate surface area is 246 Å². The van der Waals surface area contributed by atoms with Crippen LogP contribution in [0, 0.1) is 17.7 Å². The van der Waals surface area contributed by atoms with Crippen LogP contribution in [0.2, 0.25) is 0 Å². The number of likely N-dealkylation sites (N-methyl/N-ethyl adjacent to an activating group) is 1. The highest BCUT2D eigenvalue weighted by molar-refractivity contribution is 6.18. The molecular formula is C32H40FN7O2. The lowest BCUT2D eigenvalue weighted by Crippen LogP contribution is -2.57. The predicted molar refractivity (Wildman–Crippen MR) is 164 cm³/mol. The highest BCUT2D eigenvalue weighted by Gasteiger charge is 2.32. The van der Waals surface area contributed by atoms with Gasteiger partial charge in [-0.1, -0.05) is 13.8 Å². The van der Waals surface area contributed by atoms with Crippen molar-refractivity contribution in [3.05, 3.63) is 71.9 Å². The molecule has 1 saturated heterocycles. The van der Waals surface area contributed by atoms with E-state index in [1.807, 2.05) is 29.4 Å². The van der Waals surface area contributed by atoms with Crippen molar-refractivity contribution in [3.63, 3.8) is 0 Å². The predicted octanol–water partition coefficient (Wildman–Crippen LogP) is 4.72. The van der Waals surface area contributed by atoms with E-state index in [-0.39, 0.29) is 17.3 Å². The minimum Gasteiger partial charge on any atom is -0.443 e. The van der Waals surface area contributed by atoms with Gasteiger partial charge in [-0.05, 0) is 69.0 Å². The van der Waals surface area contributed by atoms with E-state index in [9.17, 15) is 9.18 Å². The van der Waals surface area contributed by atoms with E-state index in [2.05, 4.69) is 59.5 Å². The average Bonchev–Trinajstić information content (AvgIpc) is 3.45. The number of aromatic nitrogens is 2. The summed E-state index contributed by atoms with van der Waals surface area (Å²) < 4.78 is 17.3. The van der Waals surface area contributed by atoms with E-state index >= 15 is 0 Å². The number of nitrogens with two attached hydrogens (primary N) is 1. The first-order chi connectivity index (χ1) is 20.1. The van der Waals surface area contributed by atoms with Crippen molar-refractivity contribution in [1.82, 2.24) is 19.8 Å². The number of carbonyl (C=O) groups is 1. The van der Waals surface area contributed by atoms with E-state index in [1.54, 1.807) is 6.07 Å². The second kappa shape index (κ2) is 12.1. The van der Waals surface area contributed by atoms with Gasteiger partial charge in [0.25, 0.3) is 5.91 Å². The lowest BCUT2D eigenvalue weighted by atomic mass is 9.83. The average molecular weight is 574 g/mol. The minimum atomic E-state index is -0.290. The number of hydrogen-bond donors (Lipinski definition) is 1. The number of nitrogens with zero attached hydrogens (tertiary/aromatic N) is 6. The Hall–Kier alpha value is -4.05. The number of pyridine rings is 1. The number of carbonyl (C=O) groups excluding carboxylic acids is 1. The van der Waals surface area contributed by atoms with Crippen molar-refractivity contribution in [1.29, 1.82) is 0 Å². The zero-order chi connectivity index (χ0) is 30.0. The summed E-state index contributed by atoms with van der Waals surface area (Å²) >= 11 is 0. The lowest BCUT2D eigenvalue weighted by molar-refractivity contribution is -0.124. The van der Waals surface area contributed by atoms with Crippen LogP contribution in [-0.2, 0) is 4.79 Å². The molecule has 6 rings (SSSR count). The van der Waals surface area contributed by atoms with Gasteiger partial charge >= 0.3 is 0 Å². The van der Waals surface area contributed by atoms with Gasteiger partial charge < -0.3 is 20.0 Å². The summed E-state index contributed by atoms with van der Waals surface area (Å²) in [7, 11) is 2.17. The number of aliphatic imine (C=N–C) groups is 1. The van der Waals surface area contributed by atoms with Gasteiger partial charge in [0.2, 0.25) is 0 Å². The Bertz CT molecular complexity index is 1530. The first kappa shape index (κ1) is 29.4. The second-order valence-corrected chi connectivity index (χ2v) is 12.0. The summed E-state index contributed by atoms with van der Waals surface area (Å²) in [6, 6.07) is 8.18. The number of fused-ring (bicyclic) bond motifs is 1. The van der Waals surface area contributed by atoms with Gasteiger partial charge in [-0.2, -0.15) is 0 Å².